The van der Waals surface area contributed by atoms with E-state index in [0.29, 0.717) is 16.4 Å². The van der Waals surface area contributed by atoms with Crippen LogP contribution < -0.4 is 10.4 Å². The van der Waals surface area contributed by atoms with Crippen molar-refractivity contribution in [3.05, 3.63) is 92.0 Å². The van der Waals surface area contributed by atoms with Gasteiger partial charge in [-0.05, 0) is 48.0 Å². The molecular formula is C20H12Cl2N3O4-. The third-order valence-electron chi connectivity index (χ3n) is 3.86. The Balaban J connectivity index is 1.72. The second kappa shape index (κ2) is 8.72. The normalized spacial score (nSPS) is 10.8. The van der Waals surface area contributed by atoms with Crippen molar-refractivity contribution in [3.63, 3.8) is 0 Å². The molecule has 0 aliphatic rings. The summed E-state index contributed by atoms with van der Waals surface area (Å²) < 4.78 is 0. The highest BCUT2D eigenvalue weighted by atomic mass is 35.5. The first-order chi connectivity index (χ1) is 13.8. The van der Waals surface area contributed by atoms with E-state index in [1.54, 1.807) is 30.3 Å². The average molecular weight is 429 g/mol. The highest BCUT2D eigenvalue weighted by Crippen LogP contribution is 2.24. The Hall–Kier alpha value is -3.42. The van der Waals surface area contributed by atoms with Crippen LogP contribution in [0.1, 0.15) is 15.9 Å². The van der Waals surface area contributed by atoms with Gasteiger partial charge in [0.1, 0.15) is 0 Å². The maximum atomic E-state index is 12.3. The van der Waals surface area contributed by atoms with Crippen molar-refractivity contribution >= 4 is 52.4 Å². The van der Waals surface area contributed by atoms with Gasteiger partial charge in [0, 0.05) is 29.1 Å². The number of nitrogens with one attached hydrogen (secondary N) is 1. The largest absolute Gasteiger partial charge is 0.872 e. The van der Waals surface area contributed by atoms with Crippen molar-refractivity contribution in [1.82, 2.24) is 0 Å². The lowest BCUT2D eigenvalue weighted by molar-refractivity contribution is -0.385. The van der Waals surface area contributed by atoms with Crippen LogP contribution in [0.15, 0.2) is 65.7 Å². The molecule has 0 fully saturated rings. The first-order valence-corrected chi connectivity index (χ1v) is 8.95. The molecule has 1 N–H and O–H groups in total. The second-order valence-corrected chi connectivity index (χ2v) is 6.71. The zero-order valence-corrected chi connectivity index (χ0v) is 16.1. The Bertz CT molecular complexity index is 1120. The molecular weight excluding hydrogens is 417 g/mol. The van der Waals surface area contributed by atoms with Crippen LogP contribution in [0.3, 0.4) is 0 Å². The van der Waals surface area contributed by atoms with Crippen LogP contribution in [-0.4, -0.2) is 17.0 Å². The summed E-state index contributed by atoms with van der Waals surface area (Å²) in [4.78, 5) is 26.7. The summed E-state index contributed by atoms with van der Waals surface area (Å²) in [5.74, 6) is -0.765. The highest BCUT2D eigenvalue weighted by Gasteiger charge is 2.11. The molecule has 0 bridgehead atoms. The first-order valence-electron chi connectivity index (χ1n) is 8.19. The van der Waals surface area contributed by atoms with Crippen LogP contribution in [0.5, 0.6) is 5.75 Å². The van der Waals surface area contributed by atoms with E-state index in [1.165, 1.54) is 18.3 Å². The number of non-ortho nitro benzene ring substituents is 1. The number of halogens is 2. The Morgan fingerprint density at radius 1 is 1.03 bits per heavy atom. The number of carbonyl (C=O) groups is 1. The fraction of sp³-hybridized carbons (Fsp3) is 0. The van der Waals surface area contributed by atoms with Crippen molar-refractivity contribution in [2.45, 2.75) is 0 Å². The molecule has 0 aliphatic carbocycles. The summed E-state index contributed by atoms with van der Waals surface area (Å²) in [6.07, 6.45) is 1.26. The lowest BCUT2D eigenvalue weighted by Crippen LogP contribution is -2.12. The van der Waals surface area contributed by atoms with Gasteiger partial charge in [0.25, 0.3) is 11.6 Å². The Morgan fingerprint density at radius 3 is 2.41 bits per heavy atom. The summed E-state index contributed by atoms with van der Waals surface area (Å²) in [5.41, 5.74) is 1.21. The van der Waals surface area contributed by atoms with E-state index in [-0.39, 0.29) is 27.6 Å². The number of benzene rings is 3. The van der Waals surface area contributed by atoms with Gasteiger partial charge in [-0.3, -0.25) is 19.9 Å². The summed E-state index contributed by atoms with van der Waals surface area (Å²) in [6, 6.07) is 14.5. The number of nitro groups is 1. The topological polar surface area (TPSA) is 108 Å². The predicted octanol–water partition coefficient (Wildman–Crippen LogP) is 4.98. The van der Waals surface area contributed by atoms with Gasteiger partial charge < -0.3 is 10.4 Å². The Kier molecular flexibility index (Phi) is 6.11. The van der Waals surface area contributed by atoms with Gasteiger partial charge in [-0.1, -0.05) is 35.0 Å². The minimum absolute atomic E-state index is 0.106. The minimum Gasteiger partial charge on any atom is -0.872 e. The van der Waals surface area contributed by atoms with Gasteiger partial charge in [0.15, 0.2) is 0 Å². The summed E-state index contributed by atoms with van der Waals surface area (Å²) in [6.45, 7) is 0. The zero-order valence-electron chi connectivity index (χ0n) is 14.6. The Morgan fingerprint density at radius 2 is 1.76 bits per heavy atom. The van der Waals surface area contributed by atoms with Crippen LogP contribution in [-0.2, 0) is 0 Å². The van der Waals surface area contributed by atoms with E-state index in [1.807, 2.05) is 0 Å². The van der Waals surface area contributed by atoms with E-state index in [2.05, 4.69) is 10.3 Å². The molecule has 1 amide bonds. The molecule has 0 radical (unpaired) electrons. The summed E-state index contributed by atoms with van der Waals surface area (Å²) >= 11 is 11.9. The summed E-state index contributed by atoms with van der Waals surface area (Å²) in [5, 5.41) is 26.0. The lowest BCUT2D eigenvalue weighted by atomic mass is 10.2. The molecule has 0 saturated heterocycles. The SMILES string of the molecule is O=C(Nc1ccc(N=Cc2cc([N+](=O)[O-])ccc2[O-])cc1)c1ccc(Cl)cc1Cl. The molecule has 0 heterocycles. The number of hydrogen-bond acceptors (Lipinski definition) is 5. The van der Waals surface area contributed by atoms with E-state index in [9.17, 15) is 20.0 Å². The molecule has 0 saturated carbocycles. The lowest BCUT2D eigenvalue weighted by Gasteiger charge is -2.09. The van der Waals surface area contributed by atoms with Crippen molar-refractivity contribution < 1.29 is 14.8 Å². The molecule has 3 rings (SSSR count). The van der Waals surface area contributed by atoms with Crippen molar-refractivity contribution in [3.8, 4) is 5.75 Å². The molecule has 7 nitrogen and oxygen atoms in total. The molecule has 0 unspecified atom stereocenters. The molecule has 9 heteroatoms. The fourth-order valence-electron chi connectivity index (χ4n) is 2.40. The summed E-state index contributed by atoms with van der Waals surface area (Å²) in [7, 11) is 0. The van der Waals surface area contributed by atoms with Crippen molar-refractivity contribution in [2.24, 2.45) is 4.99 Å². The third-order valence-corrected chi connectivity index (χ3v) is 4.41. The molecule has 146 valence electrons. The molecule has 0 aromatic heterocycles. The number of aliphatic imine (C=N–C) groups is 1. The van der Waals surface area contributed by atoms with Gasteiger partial charge in [-0.25, -0.2) is 0 Å². The second-order valence-electron chi connectivity index (χ2n) is 5.86. The fourth-order valence-corrected chi connectivity index (χ4v) is 2.89. The number of anilines is 1. The smallest absolute Gasteiger partial charge is 0.270 e. The molecule has 3 aromatic rings. The van der Waals surface area contributed by atoms with E-state index >= 15 is 0 Å². The number of amides is 1. The van der Waals surface area contributed by atoms with Gasteiger partial charge in [-0.2, -0.15) is 0 Å². The van der Waals surface area contributed by atoms with Gasteiger partial charge in [0.05, 0.1) is 21.2 Å². The quantitative estimate of drug-likeness (QED) is 0.351. The van der Waals surface area contributed by atoms with Gasteiger partial charge in [0.2, 0.25) is 0 Å². The monoisotopic (exact) mass is 428 g/mol. The third kappa shape index (κ3) is 5.10. The maximum absolute atomic E-state index is 12.3. The van der Waals surface area contributed by atoms with Gasteiger partial charge >= 0.3 is 0 Å². The number of carbonyl (C=O) groups excluding carboxylic acids is 1. The van der Waals surface area contributed by atoms with Crippen LogP contribution >= 0.6 is 23.2 Å². The number of nitro benzene ring substituents is 1. The van der Waals surface area contributed by atoms with E-state index in [4.69, 9.17) is 23.2 Å². The molecule has 0 atom stereocenters. The number of hydrogen-bond donors (Lipinski definition) is 1. The van der Waals surface area contributed by atoms with Crippen LogP contribution in [0.2, 0.25) is 10.0 Å². The highest BCUT2D eigenvalue weighted by molar-refractivity contribution is 6.37. The maximum Gasteiger partial charge on any atom is 0.270 e. The molecule has 0 spiro atoms. The number of rotatable bonds is 5. The minimum atomic E-state index is -0.582. The number of nitrogens with zero attached hydrogens (tertiary/aromatic N) is 2. The van der Waals surface area contributed by atoms with Crippen molar-refractivity contribution in [1.29, 1.82) is 0 Å². The van der Waals surface area contributed by atoms with Crippen LogP contribution in [0.25, 0.3) is 0 Å². The first kappa shape index (κ1) is 20.3. The van der Waals surface area contributed by atoms with Gasteiger partial charge in [-0.15, -0.1) is 0 Å². The molecule has 0 aliphatic heterocycles. The predicted molar refractivity (Wildman–Crippen MR) is 111 cm³/mol. The van der Waals surface area contributed by atoms with Crippen LogP contribution in [0, 0.1) is 10.1 Å². The Labute approximate surface area is 175 Å². The van der Waals surface area contributed by atoms with E-state index < -0.39 is 10.8 Å². The standard InChI is InChI=1S/C20H13Cl2N3O4/c21-13-1-7-17(18(22)10-13)20(27)24-15-4-2-14(3-5-15)23-11-12-9-16(25(28)29)6-8-19(12)26/h1-11,26H,(H,24,27)/p-1. The average Bonchev–Trinajstić information content (AvgIpc) is 2.68. The van der Waals surface area contributed by atoms with E-state index in [0.717, 1.165) is 18.2 Å². The van der Waals surface area contributed by atoms with Crippen LogP contribution in [0.4, 0.5) is 17.1 Å². The molecule has 29 heavy (non-hydrogen) atoms. The zero-order chi connectivity index (χ0) is 21.0. The molecule has 3 aromatic carbocycles. The van der Waals surface area contributed by atoms with Crippen molar-refractivity contribution in [2.75, 3.05) is 5.32 Å².